The lowest BCUT2D eigenvalue weighted by Crippen LogP contribution is -2.32. The van der Waals surface area contributed by atoms with Gasteiger partial charge in [-0.3, -0.25) is 9.59 Å². The molecular weight excluding hydrogens is 294 g/mol. The van der Waals surface area contributed by atoms with Crippen LogP contribution in [0.15, 0.2) is 41.2 Å². The summed E-state index contributed by atoms with van der Waals surface area (Å²) in [5, 5.41) is 6.86. The summed E-state index contributed by atoms with van der Waals surface area (Å²) in [4.78, 5) is 23.5. The number of rotatable bonds is 3. The minimum Gasteiger partial charge on any atom is -0.493 e. The fraction of sp³-hybridized carbons (Fsp3) is 0.353. The summed E-state index contributed by atoms with van der Waals surface area (Å²) in [6.45, 7) is 1.21. The number of hydrogen-bond acceptors (Lipinski definition) is 4. The van der Waals surface area contributed by atoms with Gasteiger partial charge in [0.15, 0.2) is 0 Å². The number of aryl methyl sites for hydroxylation is 1. The Hall–Kier alpha value is -2.63. The highest BCUT2D eigenvalue weighted by molar-refractivity contribution is 5.91. The molecule has 3 rings (SSSR count). The van der Waals surface area contributed by atoms with Crippen LogP contribution in [0.1, 0.15) is 22.5 Å². The van der Waals surface area contributed by atoms with Gasteiger partial charge >= 0.3 is 0 Å². The van der Waals surface area contributed by atoms with Crippen LogP contribution in [-0.2, 0) is 13.5 Å². The van der Waals surface area contributed by atoms with E-state index in [1.807, 2.05) is 18.2 Å². The minimum atomic E-state index is -0.265. The number of carbonyl (C=O) groups is 1. The molecule has 0 saturated carbocycles. The number of hydrogen-bond donors (Lipinski definition) is 1. The van der Waals surface area contributed by atoms with Gasteiger partial charge in [-0.05, 0) is 36.5 Å². The van der Waals surface area contributed by atoms with Gasteiger partial charge in [0.2, 0.25) is 0 Å². The van der Waals surface area contributed by atoms with Gasteiger partial charge in [0.25, 0.3) is 11.5 Å². The van der Waals surface area contributed by atoms with Crippen LogP contribution in [0.25, 0.3) is 0 Å². The van der Waals surface area contributed by atoms with Gasteiger partial charge in [-0.15, -0.1) is 0 Å². The first kappa shape index (κ1) is 15.3. The third-order valence-corrected chi connectivity index (χ3v) is 4.01. The monoisotopic (exact) mass is 313 g/mol. The molecule has 1 aromatic carbocycles. The molecule has 0 aliphatic carbocycles. The van der Waals surface area contributed by atoms with Gasteiger partial charge in [0.1, 0.15) is 11.4 Å². The number of para-hydroxylation sites is 1. The average molecular weight is 313 g/mol. The molecule has 6 nitrogen and oxygen atoms in total. The Balaban J connectivity index is 1.63. The Kier molecular flexibility index (Phi) is 4.41. The van der Waals surface area contributed by atoms with E-state index in [2.05, 4.69) is 16.5 Å². The molecule has 1 N–H and O–H groups in total. The first-order chi connectivity index (χ1) is 11.1. The Morgan fingerprint density at radius 2 is 2.17 bits per heavy atom. The number of aromatic nitrogens is 2. The van der Waals surface area contributed by atoms with Crippen molar-refractivity contribution in [2.24, 2.45) is 13.0 Å². The van der Waals surface area contributed by atoms with Crippen LogP contribution in [0.4, 0.5) is 0 Å². The largest absolute Gasteiger partial charge is 0.493 e. The second-order valence-corrected chi connectivity index (χ2v) is 5.71. The molecule has 0 fully saturated rings. The van der Waals surface area contributed by atoms with Gasteiger partial charge in [0.05, 0.1) is 6.61 Å². The SMILES string of the molecule is Cn1nc(C(=O)NCC2CCOc3ccccc3C2)ccc1=O. The number of ether oxygens (including phenoxy) is 1. The zero-order chi connectivity index (χ0) is 16.2. The molecule has 23 heavy (non-hydrogen) atoms. The van der Waals surface area contributed by atoms with E-state index < -0.39 is 0 Å². The smallest absolute Gasteiger partial charge is 0.271 e. The van der Waals surface area contributed by atoms with Crippen LogP contribution >= 0.6 is 0 Å². The van der Waals surface area contributed by atoms with Crippen molar-refractivity contribution in [1.29, 1.82) is 0 Å². The Morgan fingerprint density at radius 1 is 1.35 bits per heavy atom. The maximum atomic E-state index is 12.2. The maximum Gasteiger partial charge on any atom is 0.271 e. The first-order valence-electron chi connectivity index (χ1n) is 7.67. The van der Waals surface area contributed by atoms with Crippen molar-refractivity contribution >= 4 is 5.91 Å². The topological polar surface area (TPSA) is 73.2 Å². The van der Waals surface area contributed by atoms with Crippen LogP contribution in [0, 0.1) is 5.92 Å². The molecule has 6 heteroatoms. The van der Waals surface area contributed by atoms with Crippen molar-refractivity contribution in [3.05, 3.63) is 58.0 Å². The highest BCUT2D eigenvalue weighted by Crippen LogP contribution is 2.26. The molecule has 1 aliphatic rings. The summed E-state index contributed by atoms with van der Waals surface area (Å²) < 4.78 is 6.89. The molecule has 0 radical (unpaired) electrons. The third kappa shape index (κ3) is 3.59. The molecule has 1 aromatic heterocycles. The normalized spacial score (nSPS) is 16.8. The van der Waals surface area contributed by atoms with E-state index in [0.717, 1.165) is 23.3 Å². The summed E-state index contributed by atoms with van der Waals surface area (Å²) in [5.41, 5.74) is 1.18. The third-order valence-electron chi connectivity index (χ3n) is 4.01. The Morgan fingerprint density at radius 3 is 3.00 bits per heavy atom. The quantitative estimate of drug-likeness (QED) is 0.922. The van der Waals surface area contributed by atoms with E-state index in [-0.39, 0.29) is 17.2 Å². The lowest BCUT2D eigenvalue weighted by atomic mass is 9.97. The molecule has 1 unspecified atom stereocenters. The van der Waals surface area contributed by atoms with Gasteiger partial charge < -0.3 is 10.1 Å². The molecule has 2 aromatic rings. The Bertz CT molecular complexity index is 770. The van der Waals surface area contributed by atoms with Gasteiger partial charge in [-0.25, -0.2) is 4.68 Å². The van der Waals surface area contributed by atoms with E-state index in [9.17, 15) is 9.59 Å². The van der Waals surface area contributed by atoms with Gasteiger partial charge in [0, 0.05) is 19.7 Å². The first-order valence-corrected chi connectivity index (χ1v) is 7.67. The van der Waals surface area contributed by atoms with Gasteiger partial charge in [-0.1, -0.05) is 18.2 Å². The summed E-state index contributed by atoms with van der Waals surface area (Å²) in [6.07, 6.45) is 1.76. The molecule has 1 amide bonds. The average Bonchev–Trinajstić information content (AvgIpc) is 2.77. The van der Waals surface area contributed by atoms with E-state index in [4.69, 9.17) is 4.74 Å². The fourth-order valence-electron chi connectivity index (χ4n) is 2.69. The van der Waals surface area contributed by atoms with Crippen molar-refractivity contribution in [3.8, 4) is 5.75 Å². The molecule has 1 aliphatic heterocycles. The number of nitrogens with one attached hydrogen (secondary N) is 1. The van der Waals surface area contributed by atoms with Crippen LogP contribution in [0.5, 0.6) is 5.75 Å². The van der Waals surface area contributed by atoms with Gasteiger partial charge in [-0.2, -0.15) is 5.10 Å². The summed E-state index contributed by atoms with van der Waals surface area (Å²) in [6, 6.07) is 10.8. The Labute approximate surface area is 134 Å². The number of benzene rings is 1. The zero-order valence-electron chi connectivity index (χ0n) is 13.0. The fourth-order valence-corrected chi connectivity index (χ4v) is 2.69. The van der Waals surface area contributed by atoms with Crippen LogP contribution in [-0.4, -0.2) is 28.8 Å². The van der Waals surface area contributed by atoms with Crippen molar-refractivity contribution in [2.75, 3.05) is 13.2 Å². The van der Waals surface area contributed by atoms with Crippen LogP contribution < -0.4 is 15.6 Å². The standard InChI is InChI=1S/C17H19N3O3/c1-20-16(21)7-6-14(19-20)17(22)18-11-12-8-9-23-15-5-3-2-4-13(15)10-12/h2-7,12H,8-11H2,1H3,(H,18,22). The second kappa shape index (κ2) is 6.64. The van der Waals surface area contributed by atoms with E-state index >= 15 is 0 Å². The van der Waals surface area contributed by atoms with Crippen molar-refractivity contribution in [3.63, 3.8) is 0 Å². The molecule has 1 atom stereocenters. The second-order valence-electron chi connectivity index (χ2n) is 5.71. The van der Waals surface area contributed by atoms with E-state index in [0.29, 0.717) is 19.1 Å². The highest BCUT2D eigenvalue weighted by atomic mass is 16.5. The lowest BCUT2D eigenvalue weighted by molar-refractivity contribution is 0.0938. The predicted octanol–water partition coefficient (Wildman–Crippen LogP) is 1.15. The predicted molar refractivity (Wildman–Crippen MR) is 85.6 cm³/mol. The molecule has 0 bridgehead atoms. The van der Waals surface area contributed by atoms with E-state index in [1.54, 1.807) is 0 Å². The lowest BCUT2D eigenvalue weighted by Gasteiger charge is -2.14. The van der Waals surface area contributed by atoms with Crippen molar-refractivity contribution < 1.29 is 9.53 Å². The molecule has 0 spiro atoms. The molecule has 0 saturated heterocycles. The number of amides is 1. The molecular formula is C17H19N3O3. The van der Waals surface area contributed by atoms with E-state index in [1.165, 1.54) is 24.7 Å². The van der Waals surface area contributed by atoms with Crippen LogP contribution in [0.2, 0.25) is 0 Å². The van der Waals surface area contributed by atoms with Crippen molar-refractivity contribution in [2.45, 2.75) is 12.8 Å². The summed E-state index contributed by atoms with van der Waals surface area (Å²) >= 11 is 0. The van der Waals surface area contributed by atoms with Crippen LogP contribution in [0.3, 0.4) is 0 Å². The molecule has 2 heterocycles. The van der Waals surface area contributed by atoms with Crippen molar-refractivity contribution in [1.82, 2.24) is 15.1 Å². The number of nitrogens with zero attached hydrogens (tertiary/aromatic N) is 2. The highest BCUT2D eigenvalue weighted by Gasteiger charge is 2.18. The molecule has 120 valence electrons. The number of carbonyl (C=O) groups excluding carboxylic acids is 1. The maximum absolute atomic E-state index is 12.2. The summed E-state index contributed by atoms with van der Waals surface area (Å²) in [7, 11) is 1.53. The summed E-state index contributed by atoms with van der Waals surface area (Å²) in [5.74, 6) is 0.982. The minimum absolute atomic E-state index is 0.237. The number of fused-ring (bicyclic) bond motifs is 1. The zero-order valence-corrected chi connectivity index (χ0v) is 13.0.